The standard InChI is InChI=1S/C20H41/c1-4-7-9-11-12-13-15-17-19-20(6-3)18-16-14-10-8-5-2/h6,20H,4-5,7-19H2,1-3H3. The molecule has 1 atom stereocenters. The lowest BCUT2D eigenvalue weighted by Crippen LogP contribution is -2.00. The van der Waals surface area contributed by atoms with Crippen LogP contribution in [-0.4, -0.2) is 0 Å². The summed E-state index contributed by atoms with van der Waals surface area (Å²) in [7, 11) is 0. The molecule has 0 aromatic rings. The molecule has 0 fully saturated rings. The molecule has 20 heavy (non-hydrogen) atoms. The van der Waals surface area contributed by atoms with E-state index in [0.717, 1.165) is 5.92 Å². The van der Waals surface area contributed by atoms with Crippen molar-refractivity contribution in [3.63, 3.8) is 0 Å². The van der Waals surface area contributed by atoms with E-state index in [2.05, 4.69) is 27.2 Å². The Morgan fingerprint density at radius 3 is 1.25 bits per heavy atom. The van der Waals surface area contributed by atoms with E-state index >= 15 is 0 Å². The molecule has 0 saturated carbocycles. The van der Waals surface area contributed by atoms with Gasteiger partial charge in [0.2, 0.25) is 0 Å². The van der Waals surface area contributed by atoms with Gasteiger partial charge in [-0.15, -0.1) is 0 Å². The molecule has 1 radical (unpaired) electrons. The van der Waals surface area contributed by atoms with Crippen LogP contribution in [0.4, 0.5) is 0 Å². The van der Waals surface area contributed by atoms with E-state index in [9.17, 15) is 0 Å². The molecule has 0 spiro atoms. The lowest BCUT2D eigenvalue weighted by Gasteiger charge is -2.14. The van der Waals surface area contributed by atoms with Gasteiger partial charge in [-0.25, -0.2) is 0 Å². The third kappa shape index (κ3) is 14.4. The molecule has 0 aliphatic rings. The second-order valence-corrected chi connectivity index (χ2v) is 6.56. The molecule has 0 N–H and O–H groups in total. The van der Waals surface area contributed by atoms with Gasteiger partial charge >= 0.3 is 0 Å². The van der Waals surface area contributed by atoms with Gasteiger partial charge in [0.25, 0.3) is 0 Å². The highest BCUT2D eigenvalue weighted by Gasteiger charge is 2.05. The first kappa shape index (κ1) is 20.0. The molecule has 0 bridgehead atoms. The number of unbranched alkanes of at least 4 members (excludes halogenated alkanes) is 11. The Bertz CT molecular complexity index is 161. The monoisotopic (exact) mass is 281 g/mol. The van der Waals surface area contributed by atoms with Crippen LogP contribution >= 0.6 is 0 Å². The van der Waals surface area contributed by atoms with Crippen LogP contribution in [0.3, 0.4) is 0 Å². The Balaban J connectivity index is 3.28. The van der Waals surface area contributed by atoms with E-state index in [1.807, 2.05) is 0 Å². The molecular weight excluding hydrogens is 240 g/mol. The van der Waals surface area contributed by atoms with Crippen molar-refractivity contribution in [1.29, 1.82) is 0 Å². The molecular formula is C20H41. The van der Waals surface area contributed by atoms with Gasteiger partial charge in [0, 0.05) is 0 Å². The molecule has 121 valence electrons. The fourth-order valence-corrected chi connectivity index (χ4v) is 3.03. The van der Waals surface area contributed by atoms with Gasteiger partial charge < -0.3 is 0 Å². The van der Waals surface area contributed by atoms with Crippen molar-refractivity contribution in [3.8, 4) is 0 Å². The first-order valence-corrected chi connectivity index (χ1v) is 9.64. The molecule has 0 amide bonds. The van der Waals surface area contributed by atoms with Crippen LogP contribution in [0.2, 0.25) is 0 Å². The normalized spacial score (nSPS) is 12.8. The van der Waals surface area contributed by atoms with Crippen LogP contribution in [0, 0.1) is 12.3 Å². The minimum absolute atomic E-state index is 0.900. The second kappa shape index (κ2) is 17.1. The Hall–Kier alpha value is 0. The first-order chi connectivity index (χ1) is 9.85. The summed E-state index contributed by atoms with van der Waals surface area (Å²) in [5, 5.41) is 0. The van der Waals surface area contributed by atoms with E-state index in [4.69, 9.17) is 0 Å². The van der Waals surface area contributed by atoms with E-state index in [1.54, 1.807) is 0 Å². The van der Waals surface area contributed by atoms with Crippen molar-refractivity contribution >= 4 is 0 Å². The predicted molar refractivity (Wildman–Crippen MR) is 94.1 cm³/mol. The van der Waals surface area contributed by atoms with Crippen LogP contribution in [0.5, 0.6) is 0 Å². The highest BCUT2D eigenvalue weighted by Crippen LogP contribution is 2.21. The quantitative estimate of drug-likeness (QED) is 0.254. The highest BCUT2D eigenvalue weighted by atomic mass is 14.1. The molecule has 0 rings (SSSR count). The third-order valence-electron chi connectivity index (χ3n) is 4.58. The van der Waals surface area contributed by atoms with Crippen molar-refractivity contribution in [2.45, 2.75) is 117 Å². The summed E-state index contributed by atoms with van der Waals surface area (Å²) >= 11 is 0. The predicted octanol–water partition coefficient (Wildman–Crippen LogP) is 7.72. The third-order valence-corrected chi connectivity index (χ3v) is 4.58. The van der Waals surface area contributed by atoms with Crippen molar-refractivity contribution in [3.05, 3.63) is 6.42 Å². The zero-order chi connectivity index (χ0) is 14.9. The smallest absolute Gasteiger partial charge is 0.0386 e. The van der Waals surface area contributed by atoms with E-state index < -0.39 is 0 Å². The minimum atomic E-state index is 0.900. The Morgan fingerprint density at radius 1 is 0.550 bits per heavy atom. The molecule has 0 heteroatoms. The van der Waals surface area contributed by atoms with Crippen molar-refractivity contribution in [1.82, 2.24) is 0 Å². The molecule has 0 aromatic heterocycles. The summed E-state index contributed by atoms with van der Waals surface area (Å²) in [6, 6.07) is 0. The summed E-state index contributed by atoms with van der Waals surface area (Å²) in [5.41, 5.74) is 0. The molecule has 0 aromatic carbocycles. The second-order valence-electron chi connectivity index (χ2n) is 6.56. The van der Waals surface area contributed by atoms with Gasteiger partial charge in [-0.1, -0.05) is 117 Å². The number of rotatable bonds is 16. The van der Waals surface area contributed by atoms with Crippen LogP contribution < -0.4 is 0 Å². The Morgan fingerprint density at radius 2 is 0.900 bits per heavy atom. The van der Waals surface area contributed by atoms with Crippen LogP contribution in [0.15, 0.2) is 0 Å². The van der Waals surface area contributed by atoms with Gasteiger partial charge in [-0.2, -0.15) is 0 Å². The summed E-state index contributed by atoms with van der Waals surface area (Å²) < 4.78 is 0. The topological polar surface area (TPSA) is 0 Å². The highest BCUT2D eigenvalue weighted by molar-refractivity contribution is 4.71. The molecule has 0 heterocycles. The van der Waals surface area contributed by atoms with Gasteiger partial charge in [-0.05, 0) is 12.3 Å². The molecule has 0 nitrogen and oxygen atoms in total. The van der Waals surface area contributed by atoms with Gasteiger partial charge in [0.1, 0.15) is 0 Å². The van der Waals surface area contributed by atoms with Gasteiger partial charge in [0.15, 0.2) is 0 Å². The largest absolute Gasteiger partial charge is 0.0654 e. The molecule has 0 saturated heterocycles. The van der Waals surface area contributed by atoms with Crippen LogP contribution in [-0.2, 0) is 0 Å². The van der Waals surface area contributed by atoms with Crippen molar-refractivity contribution < 1.29 is 0 Å². The van der Waals surface area contributed by atoms with Crippen LogP contribution in [0.25, 0.3) is 0 Å². The fraction of sp³-hybridized carbons (Fsp3) is 0.950. The summed E-state index contributed by atoms with van der Waals surface area (Å²) in [6.45, 7) is 6.86. The lowest BCUT2D eigenvalue weighted by molar-refractivity contribution is 0.445. The Kier molecular flexibility index (Phi) is 17.1. The lowest BCUT2D eigenvalue weighted by atomic mass is 9.92. The zero-order valence-electron chi connectivity index (χ0n) is 14.8. The van der Waals surface area contributed by atoms with Gasteiger partial charge in [-0.3, -0.25) is 0 Å². The maximum atomic E-state index is 2.46. The minimum Gasteiger partial charge on any atom is -0.0654 e. The summed E-state index contributed by atoms with van der Waals surface area (Å²) in [5.74, 6) is 0.900. The van der Waals surface area contributed by atoms with Crippen molar-refractivity contribution in [2.75, 3.05) is 0 Å². The van der Waals surface area contributed by atoms with Crippen molar-refractivity contribution in [2.24, 2.45) is 5.92 Å². The van der Waals surface area contributed by atoms with Crippen LogP contribution in [0.1, 0.15) is 117 Å². The zero-order valence-corrected chi connectivity index (χ0v) is 14.8. The van der Waals surface area contributed by atoms with Gasteiger partial charge in [0.05, 0.1) is 0 Å². The summed E-state index contributed by atoms with van der Waals surface area (Å²) in [4.78, 5) is 0. The fourth-order valence-electron chi connectivity index (χ4n) is 3.03. The number of hydrogen-bond donors (Lipinski definition) is 0. The molecule has 0 aliphatic heterocycles. The van der Waals surface area contributed by atoms with E-state index in [0.29, 0.717) is 0 Å². The molecule has 0 aliphatic carbocycles. The maximum Gasteiger partial charge on any atom is -0.0386 e. The average Bonchev–Trinajstić information content (AvgIpc) is 2.47. The summed E-state index contributed by atoms with van der Waals surface area (Å²) in [6.07, 6.45) is 24.1. The molecule has 1 unspecified atom stereocenters. The SMILES string of the molecule is C[CH]C(CCCCCCC)CCCCCCCCCC. The maximum absolute atomic E-state index is 2.46. The number of hydrogen-bond acceptors (Lipinski definition) is 0. The van der Waals surface area contributed by atoms with E-state index in [-0.39, 0.29) is 0 Å². The first-order valence-electron chi connectivity index (χ1n) is 9.64. The average molecular weight is 282 g/mol. The van der Waals surface area contributed by atoms with E-state index in [1.165, 1.54) is 96.3 Å². The Labute approximate surface area is 130 Å².